The Morgan fingerprint density at radius 3 is 3.00 bits per heavy atom. The van der Waals surface area contributed by atoms with E-state index in [1.807, 2.05) is 7.05 Å². The maximum absolute atomic E-state index is 12.1. The van der Waals surface area contributed by atoms with Crippen LogP contribution in [0.5, 0.6) is 0 Å². The molecular formula is C14H25N5O. The average Bonchev–Trinajstić information content (AvgIpc) is 3.01. The summed E-state index contributed by atoms with van der Waals surface area (Å²) in [4.78, 5) is 13.9. The summed E-state index contributed by atoms with van der Waals surface area (Å²) < 4.78 is 2.14. The van der Waals surface area contributed by atoms with Crippen molar-refractivity contribution in [3.63, 3.8) is 0 Å². The monoisotopic (exact) mass is 279 g/mol. The zero-order valence-electron chi connectivity index (χ0n) is 12.5. The smallest absolute Gasteiger partial charge is 0.222 e. The molecule has 0 saturated heterocycles. The lowest BCUT2D eigenvalue weighted by atomic mass is 10.0. The van der Waals surface area contributed by atoms with Gasteiger partial charge in [0.1, 0.15) is 5.82 Å². The molecule has 1 aromatic heterocycles. The van der Waals surface area contributed by atoms with Gasteiger partial charge in [-0.2, -0.15) is 0 Å². The summed E-state index contributed by atoms with van der Waals surface area (Å²) in [6, 6.07) is 0. The third-order valence-corrected chi connectivity index (χ3v) is 4.00. The highest BCUT2D eigenvalue weighted by atomic mass is 16.2. The second-order valence-corrected chi connectivity index (χ2v) is 5.76. The Kier molecular flexibility index (Phi) is 5.11. The van der Waals surface area contributed by atoms with Crippen LogP contribution in [0.3, 0.4) is 0 Å². The molecule has 6 heteroatoms. The van der Waals surface area contributed by atoms with Crippen molar-refractivity contribution in [1.82, 2.24) is 19.7 Å². The normalized spacial score (nSPS) is 15.2. The number of carbonyl (C=O) groups excluding carboxylic acids is 1. The van der Waals surface area contributed by atoms with E-state index < -0.39 is 0 Å². The predicted molar refractivity (Wildman–Crippen MR) is 76.9 cm³/mol. The van der Waals surface area contributed by atoms with Gasteiger partial charge in [-0.1, -0.05) is 6.92 Å². The van der Waals surface area contributed by atoms with Gasteiger partial charge in [0.15, 0.2) is 5.82 Å². The van der Waals surface area contributed by atoms with Crippen molar-refractivity contribution >= 4 is 5.91 Å². The molecule has 1 aliphatic heterocycles. The number of hydrogen-bond donors (Lipinski definition) is 1. The molecule has 1 amide bonds. The summed E-state index contributed by atoms with van der Waals surface area (Å²) in [5.41, 5.74) is 5.52. The molecule has 2 N–H and O–H groups in total. The lowest BCUT2D eigenvalue weighted by Crippen LogP contribution is -2.28. The number of nitrogens with two attached hydrogens (primary N) is 1. The van der Waals surface area contributed by atoms with Gasteiger partial charge < -0.3 is 15.2 Å². The zero-order valence-corrected chi connectivity index (χ0v) is 12.5. The molecule has 2 rings (SSSR count). The van der Waals surface area contributed by atoms with Crippen molar-refractivity contribution in [2.24, 2.45) is 11.7 Å². The molecule has 1 unspecified atom stereocenters. The van der Waals surface area contributed by atoms with E-state index in [0.717, 1.165) is 43.9 Å². The van der Waals surface area contributed by atoms with E-state index in [1.54, 1.807) is 4.90 Å². The van der Waals surface area contributed by atoms with Crippen LogP contribution in [0.1, 0.15) is 44.3 Å². The molecule has 0 bridgehead atoms. The van der Waals surface area contributed by atoms with Crippen LogP contribution in [0.25, 0.3) is 0 Å². The molecule has 6 nitrogen and oxygen atoms in total. The number of nitrogens with zero attached hydrogens (tertiary/aromatic N) is 4. The molecule has 1 aromatic rings. The standard InChI is InChI=1S/C14H25N5O/c1-11(7-8-15)5-6-14(20)18(2)10-13-17-16-12-4-3-9-19(12)13/h11H,3-10,15H2,1-2H3. The molecule has 0 fully saturated rings. The maximum Gasteiger partial charge on any atom is 0.222 e. The van der Waals surface area contributed by atoms with E-state index in [0.29, 0.717) is 25.4 Å². The van der Waals surface area contributed by atoms with E-state index in [9.17, 15) is 4.79 Å². The molecule has 2 heterocycles. The van der Waals surface area contributed by atoms with Crippen molar-refractivity contribution in [3.05, 3.63) is 11.6 Å². The fourth-order valence-corrected chi connectivity index (χ4v) is 2.62. The lowest BCUT2D eigenvalue weighted by Gasteiger charge is -2.18. The van der Waals surface area contributed by atoms with Crippen LogP contribution in [0.15, 0.2) is 0 Å². The number of carbonyl (C=O) groups is 1. The third kappa shape index (κ3) is 3.56. The van der Waals surface area contributed by atoms with E-state index in [1.165, 1.54) is 0 Å². The molecule has 20 heavy (non-hydrogen) atoms. The highest BCUT2D eigenvalue weighted by Crippen LogP contribution is 2.16. The minimum atomic E-state index is 0.171. The highest BCUT2D eigenvalue weighted by molar-refractivity contribution is 5.75. The van der Waals surface area contributed by atoms with Crippen LogP contribution in [0, 0.1) is 5.92 Å². The zero-order chi connectivity index (χ0) is 14.5. The Balaban J connectivity index is 1.81. The minimum Gasteiger partial charge on any atom is -0.338 e. The van der Waals surface area contributed by atoms with Gasteiger partial charge >= 0.3 is 0 Å². The van der Waals surface area contributed by atoms with Gasteiger partial charge in [-0.25, -0.2) is 0 Å². The van der Waals surface area contributed by atoms with Gasteiger partial charge in [-0.15, -0.1) is 10.2 Å². The van der Waals surface area contributed by atoms with E-state index in [2.05, 4.69) is 21.7 Å². The number of aromatic nitrogens is 3. The fraction of sp³-hybridized carbons (Fsp3) is 0.786. The van der Waals surface area contributed by atoms with Crippen LogP contribution < -0.4 is 5.73 Å². The lowest BCUT2D eigenvalue weighted by molar-refractivity contribution is -0.130. The molecule has 0 aliphatic carbocycles. The maximum atomic E-state index is 12.1. The van der Waals surface area contributed by atoms with Crippen molar-refractivity contribution in [3.8, 4) is 0 Å². The van der Waals surface area contributed by atoms with E-state index in [-0.39, 0.29) is 5.91 Å². The van der Waals surface area contributed by atoms with Crippen molar-refractivity contribution in [1.29, 1.82) is 0 Å². The molecule has 0 aromatic carbocycles. The fourth-order valence-electron chi connectivity index (χ4n) is 2.62. The predicted octanol–water partition coefficient (Wildman–Crippen LogP) is 0.948. The quantitative estimate of drug-likeness (QED) is 0.806. The van der Waals surface area contributed by atoms with Crippen molar-refractivity contribution in [2.45, 2.75) is 52.1 Å². The third-order valence-electron chi connectivity index (χ3n) is 4.00. The Morgan fingerprint density at radius 2 is 2.25 bits per heavy atom. The summed E-state index contributed by atoms with van der Waals surface area (Å²) in [6.45, 7) is 4.37. The Morgan fingerprint density at radius 1 is 1.45 bits per heavy atom. The van der Waals surface area contributed by atoms with Crippen LogP contribution >= 0.6 is 0 Å². The summed E-state index contributed by atoms with van der Waals surface area (Å²) in [5.74, 6) is 2.64. The topological polar surface area (TPSA) is 77.0 Å². The Bertz CT molecular complexity index is 456. The number of aryl methyl sites for hydroxylation is 1. The first kappa shape index (κ1) is 15.0. The Labute approximate surface area is 120 Å². The van der Waals surface area contributed by atoms with Gasteiger partial charge in [-0.05, 0) is 31.7 Å². The largest absolute Gasteiger partial charge is 0.338 e. The van der Waals surface area contributed by atoms with Gasteiger partial charge in [0.2, 0.25) is 5.91 Å². The molecular weight excluding hydrogens is 254 g/mol. The first-order chi connectivity index (χ1) is 9.61. The first-order valence-corrected chi connectivity index (χ1v) is 7.46. The first-order valence-electron chi connectivity index (χ1n) is 7.46. The molecule has 112 valence electrons. The van der Waals surface area contributed by atoms with Crippen LogP contribution in [0.4, 0.5) is 0 Å². The molecule has 0 radical (unpaired) electrons. The summed E-state index contributed by atoms with van der Waals surface area (Å²) in [7, 11) is 1.84. The second kappa shape index (κ2) is 6.83. The van der Waals surface area contributed by atoms with Gasteiger partial charge in [0, 0.05) is 26.4 Å². The Hall–Kier alpha value is -1.43. The highest BCUT2D eigenvalue weighted by Gasteiger charge is 2.19. The SMILES string of the molecule is CC(CCN)CCC(=O)N(C)Cc1nnc2n1CCC2. The summed E-state index contributed by atoms with van der Waals surface area (Å²) in [6.07, 6.45) is 4.60. The van der Waals surface area contributed by atoms with Gasteiger partial charge in [-0.3, -0.25) is 4.79 Å². The minimum absolute atomic E-state index is 0.171. The van der Waals surface area contributed by atoms with E-state index in [4.69, 9.17) is 5.73 Å². The molecule has 1 aliphatic rings. The number of rotatable bonds is 7. The van der Waals surface area contributed by atoms with Crippen molar-refractivity contribution in [2.75, 3.05) is 13.6 Å². The average molecular weight is 279 g/mol. The summed E-state index contributed by atoms with van der Waals surface area (Å²) in [5, 5.41) is 8.36. The van der Waals surface area contributed by atoms with Gasteiger partial charge in [0.25, 0.3) is 0 Å². The van der Waals surface area contributed by atoms with Crippen LogP contribution in [-0.2, 0) is 24.3 Å². The molecule has 0 saturated carbocycles. The number of hydrogen-bond acceptors (Lipinski definition) is 4. The van der Waals surface area contributed by atoms with Crippen molar-refractivity contribution < 1.29 is 4.79 Å². The molecule has 1 atom stereocenters. The summed E-state index contributed by atoms with van der Waals surface area (Å²) >= 11 is 0. The van der Waals surface area contributed by atoms with Crippen LogP contribution in [0.2, 0.25) is 0 Å². The van der Waals surface area contributed by atoms with Gasteiger partial charge in [0.05, 0.1) is 6.54 Å². The number of fused-ring (bicyclic) bond motifs is 1. The molecule has 0 spiro atoms. The second-order valence-electron chi connectivity index (χ2n) is 5.76. The number of amides is 1. The van der Waals surface area contributed by atoms with E-state index >= 15 is 0 Å². The van der Waals surface area contributed by atoms with Crippen LogP contribution in [-0.4, -0.2) is 39.2 Å².